The molecule has 0 atom stereocenters. The second kappa shape index (κ2) is 5.70. The van der Waals surface area contributed by atoms with Gasteiger partial charge in [-0.25, -0.2) is 0 Å². The molecule has 3 nitrogen and oxygen atoms in total. The Morgan fingerprint density at radius 1 is 1.29 bits per heavy atom. The summed E-state index contributed by atoms with van der Waals surface area (Å²) in [5.74, 6) is -0.242. The summed E-state index contributed by atoms with van der Waals surface area (Å²) in [4.78, 5) is 14.9. The molecule has 3 rings (SSSR count). The number of fused-ring (bicyclic) bond motifs is 3. The van der Waals surface area contributed by atoms with Gasteiger partial charge in [-0.2, -0.15) is 0 Å². The summed E-state index contributed by atoms with van der Waals surface area (Å²) >= 11 is 9.82. The van der Waals surface area contributed by atoms with Gasteiger partial charge in [-0.1, -0.05) is 27.5 Å². The van der Waals surface area contributed by atoms with Gasteiger partial charge < -0.3 is 9.72 Å². The summed E-state index contributed by atoms with van der Waals surface area (Å²) in [6.07, 6.45) is 0.226. The lowest BCUT2D eigenvalue weighted by Gasteiger charge is -2.04. The first-order chi connectivity index (χ1) is 10.1. The molecule has 0 aliphatic heterocycles. The van der Waals surface area contributed by atoms with E-state index in [0.29, 0.717) is 11.6 Å². The van der Waals surface area contributed by atoms with Crippen molar-refractivity contribution in [1.82, 2.24) is 4.98 Å². The van der Waals surface area contributed by atoms with Gasteiger partial charge >= 0.3 is 5.97 Å². The van der Waals surface area contributed by atoms with E-state index in [9.17, 15) is 4.79 Å². The zero-order valence-electron chi connectivity index (χ0n) is 11.4. The third kappa shape index (κ3) is 2.78. The second-order valence-electron chi connectivity index (χ2n) is 4.80. The van der Waals surface area contributed by atoms with Gasteiger partial charge in [-0.3, -0.25) is 4.79 Å². The van der Waals surface area contributed by atoms with Gasteiger partial charge in [-0.05, 0) is 42.8 Å². The van der Waals surface area contributed by atoms with Crippen LogP contribution in [-0.4, -0.2) is 17.6 Å². The van der Waals surface area contributed by atoms with E-state index in [-0.39, 0.29) is 12.4 Å². The smallest absolute Gasteiger partial charge is 0.310 e. The zero-order valence-corrected chi connectivity index (χ0v) is 13.7. The molecule has 0 fully saturated rings. The molecule has 0 saturated carbocycles. The van der Waals surface area contributed by atoms with Crippen LogP contribution in [0.2, 0.25) is 5.02 Å². The van der Waals surface area contributed by atoms with Crippen molar-refractivity contribution in [3.63, 3.8) is 0 Å². The Morgan fingerprint density at radius 2 is 2.10 bits per heavy atom. The Labute approximate surface area is 135 Å². The molecule has 3 aromatic rings. The number of hydrogen-bond acceptors (Lipinski definition) is 2. The van der Waals surface area contributed by atoms with Gasteiger partial charge in [0.05, 0.1) is 23.6 Å². The summed E-state index contributed by atoms with van der Waals surface area (Å²) in [6, 6.07) is 9.82. The molecular formula is C16H13BrClNO2. The molecular weight excluding hydrogens is 354 g/mol. The van der Waals surface area contributed by atoms with Crippen LogP contribution in [-0.2, 0) is 16.0 Å². The van der Waals surface area contributed by atoms with Crippen molar-refractivity contribution in [2.45, 2.75) is 13.3 Å². The number of nitrogens with one attached hydrogen (secondary N) is 1. The fraction of sp³-hybridized carbons (Fsp3) is 0.188. The maximum Gasteiger partial charge on any atom is 0.310 e. The summed E-state index contributed by atoms with van der Waals surface area (Å²) in [7, 11) is 0. The maximum absolute atomic E-state index is 11.6. The van der Waals surface area contributed by atoms with Crippen molar-refractivity contribution in [3.8, 4) is 0 Å². The Hall–Kier alpha value is -1.52. The number of carbonyl (C=O) groups excluding carboxylic acids is 1. The van der Waals surface area contributed by atoms with Crippen molar-refractivity contribution < 1.29 is 9.53 Å². The molecule has 5 heteroatoms. The summed E-state index contributed by atoms with van der Waals surface area (Å²) in [5, 5.41) is 2.70. The third-order valence-electron chi connectivity index (χ3n) is 3.34. The number of carbonyl (C=O) groups is 1. The molecule has 108 valence electrons. The molecule has 0 amide bonds. The predicted octanol–water partition coefficient (Wildman–Crippen LogP) is 4.84. The summed E-state index contributed by atoms with van der Waals surface area (Å²) in [5.41, 5.74) is 2.76. The highest BCUT2D eigenvalue weighted by Gasteiger charge is 2.12. The van der Waals surface area contributed by atoms with Gasteiger partial charge in [0, 0.05) is 20.8 Å². The fourth-order valence-corrected chi connectivity index (χ4v) is 3.12. The maximum atomic E-state index is 11.6. The van der Waals surface area contributed by atoms with E-state index in [1.54, 1.807) is 6.92 Å². The molecule has 0 bridgehead atoms. The van der Waals surface area contributed by atoms with Crippen molar-refractivity contribution in [3.05, 3.63) is 45.4 Å². The Morgan fingerprint density at radius 3 is 2.86 bits per heavy atom. The Balaban J connectivity index is 2.14. The number of esters is 1. The Kier molecular flexibility index (Phi) is 3.91. The number of H-pyrrole nitrogens is 1. The van der Waals surface area contributed by atoms with Gasteiger partial charge in [-0.15, -0.1) is 0 Å². The van der Waals surface area contributed by atoms with E-state index in [1.807, 2.05) is 30.3 Å². The third-order valence-corrected chi connectivity index (χ3v) is 4.13. The van der Waals surface area contributed by atoms with Crippen LogP contribution in [0, 0.1) is 0 Å². The molecule has 0 aliphatic rings. The van der Waals surface area contributed by atoms with Gasteiger partial charge in [0.15, 0.2) is 0 Å². The monoisotopic (exact) mass is 365 g/mol. The number of rotatable bonds is 3. The number of halogens is 2. The average molecular weight is 367 g/mol. The van der Waals surface area contributed by atoms with Crippen LogP contribution in [0.4, 0.5) is 0 Å². The predicted molar refractivity (Wildman–Crippen MR) is 88.9 cm³/mol. The minimum absolute atomic E-state index is 0.226. The molecule has 2 aromatic carbocycles. The first-order valence-corrected chi connectivity index (χ1v) is 7.80. The SMILES string of the molecule is CCOC(=O)Cc1cc(Cl)c2[nH]c3ccc(Br)cc3c2c1. The second-order valence-corrected chi connectivity index (χ2v) is 6.12. The molecule has 0 spiro atoms. The van der Waals surface area contributed by atoms with Crippen LogP contribution in [0.5, 0.6) is 0 Å². The van der Waals surface area contributed by atoms with E-state index in [1.165, 1.54) is 0 Å². The van der Waals surface area contributed by atoms with Crippen LogP contribution in [0.1, 0.15) is 12.5 Å². The Bertz CT molecular complexity index is 841. The molecule has 0 saturated heterocycles. The number of aromatic nitrogens is 1. The molecule has 0 unspecified atom stereocenters. The highest BCUT2D eigenvalue weighted by atomic mass is 79.9. The largest absolute Gasteiger partial charge is 0.466 e. The highest BCUT2D eigenvalue weighted by molar-refractivity contribution is 9.10. The van der Waals surface area contributed by atoms with E-state index >= 15 is 0 Å². The molecule has 1 heterocycles. The number of benzene rings is 2. The average Bonchev–Trinajstić information content (AvgIpc) is 2.78. The van der Waals surface area contributed by atoms with Crippen molar-refractivity contribution >= 4 is 55.3 Å². The highest BCUT2D eigenvalue weighted by Crippen LogP contribution is 2.33. The summed E-state index contributed by atoms with van der Waals surface area (Å²) in [6.45, 7) is 2.18. The minimum Gasteiger partial charge on any atom is -0.466 e. The van der Waals surface area contributed by atoms with Gasteiger partial charge in [0.25, 0.3) is 0 Å². The van der Waals surface area contributed by atoms with Gasteiger partial charge in [0.1, 0.15) is 0 Å². The molecule has 21 heavy (non-hydrogen) atoms. The molecule has 0 radical (unpaired) electrons. The minimum atomic E-state index is -0.242. The van der Waals surface area contributed by atoms with E-state index in [2.05, 4.69) is 20.9 Å². The molecule has 1 aromatic heterocycles. The quantitative estimate of drug-likeness (QED) is 0.674. The van der Waals surface area contributed by atoms with Crippen LogP contribution < -0.4 is 0 Å². The zero-order chi connectivity index (χ0) is 15.0. The van der Waals surface area contributed by atoms with E-state index in [0.717, 1.165) is 31.8 Å². The lowest BCUT2D eigenvalue weighted by Crippen LogP contribution is -2.07. The number of ether oxygens (including phenoxy) is 1. The summed E-state index contributed by atoms with van der Waals surface area (Å²) < 4.78 is 5.99. The topological polar surface area (TPSA) is 42.1 Å². The van der Waals surface area contributed by atoms with Crippen LogP contribution in [0.15, 0.2) is 34.8 Å². The van der Waals surface area contributed by atoms with Gasteiger partial charge in [0.2, 0.25) is 0 Å². The normalized spacial score (nSPS) is 11.2. The standard InChI is InChI=1S/C16H13BrClNO2/c1-2-21-15(20)7-9-5-12-11-8-10(17)3-4-14(11)19-16(12)13(18)6-9/h3-6,8,19H,2,7H2,1H3. The van der Waals surface area contributed by atoms with Crippen LogP contribution in [0.3, 0.4) is 0 Å². The van der Waals surface area contributed by atoms with Crippen molar-refractivity contribution in [2.24, 2.45) is 0 Å². The van der Waals surface area contributed by atoms with Crippen LogP contribution >= 0.6 is 27.5 Å². The van der Waals surface area contributed by atoms with Crippen LogP contribution in [0.25, 0.3) is 21.8 Å². The van der Waals surface area contributed by atoms with Crippen molar-refractivity contribution in [1.29, 1.82) is 0 Å². The number of aromatic amines is 1. The van der Waals surface area contributed by atoms with E-state index < -0.39 is 0 Å². The fourth-order valence-electron chi connectivity index (χ4n) is 2.47. The molecule has 0 aliphatic carbocycles. The first kappa shape index (κ1) is 14.4. The first-order valence-electron chi connectivity index (χ1n) is 6.63. The van der Waals surface area contributed by atoms with Crippen molar-refractivity contribution in [2.75, 3.05) is 6.61 Å². The lowest BCUT2D eigenvalue weighted by atomic mass is 10.1. The number of hydrogen-bond donors (Lipinski definition) is 1. The lowest BCUT2D eigenvalue weighted by molar-refractivity contribution is -0.142. The van der Waals surface area contributed by atoms with E-state index in [4.69, 9.17) is 16.3 Å². The molecule has 1 N–H and O–H groups in total.